The molecule has 0 fully saturated rings. The molecule has 0 bridgehead atoms. The Bertz CT molecular complexity index is 242. The van der Waals surface area contributed by atoms with Crippen molar-refractivity contribution in [3.8, 4) is 0 Å². The van der Waals surface area contributed by atoms with Crippen molar-refractivity contribution in [2.24, 2.45) is 0 Å². The van der Waals surface area contributed by atoms with Crippen LogP contribution in [0.4, 0.5) is 0 Å². The van der Waals surface area contributed by atoms with Gasteiger partial charge in [0, 0.05) is 0 Å². The molecule has 0 spiro atoms. The summed E-state index contributed by atoms with van der Waals surface area (Å²) in [6.45, 7) is 1.97. The quantitative estimate of drug-likeness (QED) is 0.597. The van der Waals surface area contributed by atoms with Gasteiger partial charge in [-0.25, -0.2) is 4.21 Å². The van der Waals surface area contributed by atoms with Gasteiger partial charge >= 0.3 is 0 Å². The maximum Gasteiger partial charge on any atom is 0.147 e. The first-order valence-electron chi connectivity index (χ1n) is 2.85. The minimum absolute atomic E-state index is 0.660. The molecule has 3 heteroatoms. The molecule has 0 N–H and O–H groups in total. The van der Waals surface area contributed by atoms with Crippen molar-refractivity contribution >= 4 is 20.7 Å². The summed E-state index contributed by atoms with van der Waals surface area (Å²) in [5, 5.41) is 0. The van der Waals surface area contributed by atoms with Gasteiger partial charge in [0.2, 0.25) is 0 Å². The molecular formula is C7H7ClOS. The molecule has 0 radical (unpaired) electrons. The monoisotopic (exact) mass is 174 g/mol. The van der Waals surface area contributed by atoms with E-state index in [9.17, 15) is 4.21 Å². The van der Waals surface area contributed by atoms with Gasteiger partial charge in [-0.15, -0.1) is 0 Å². The minimum Gasteiger partial charge on any atom is -0.237 e. The van der Waals surface area contributed by atoms with E-state index in [0.717, 1.165) is 5.56 Å². The molecule has 1 atom stereocenters. The Morgan fingerprint density at radius 3 is 2.20 bits per heavy atom. The summed E-state index contributed by atoms with van der Waals surface area (Å²) < 4.78 is 10.6. The van der Waals surface area contributed by atoms with Crippen molar-refractivity contribution in [2.75, 3.05) is 0 Å². The first-order valence-corrected chi connectivity index (χ1v) is 4.82. The van der Waals surface area contributed by atoms with Crippen LogP contribution in [0.3, 0.4) is 0 Å². The molecule has 1 aromatic rings. The third kappa shape index (κ3) is 1.82. The van der Waals surface area contributed by atoms with E-state index < -0.39 is 10.0 Å². The molecule has 10 heavy (non-hydrogen) atoms. The Morgan fingerprint density at radius 1 is 1.30 bits per heavy atom. The average Bonchev–Trinajstić information content (AvgIpc) is 1.88. The van der Waals surface area contributed by atoms with E-state index in [-0.39, 0.29) is 0 Å². The van der Waals surface area contributed by atoms with Crippen LogP contribution in [0.15, 0.2) is 29.2 Å². The highest BCUT2D eigenvalue weighted by Crippen LogP contribution is 2.10. The lowest BCUT2D eigenvalue weighted by molar-refractivity contribution is 0.691. The molecule has 54 valence electrons. The summed E-state index contributed by atoms with van der Waals surface area (Å²) in [6.07, 6.45) is 0. The van der Waals surface area contributed by atoms with E-state index in [4.69, 9.17) is 10.7 Å². The molecule has 1 aromatic carbocycles. The van der Waals surface area contributed by atoms with E-state index in [1.807, 2.05) is 19.1 Å². The lowest BCUT2D eigenvalue weighted by Crippen LogP contribution is -1.80. The predicted molar refractivity (Wildman–Crippen MR) is 43.4 cm³/mol. The second-order valence-corrected chi connectivity index (χ2v) is 3.80. The fraction of sp³-hybridized carbons (Fsp3) is 0.143. The molecule has 0 saturated carbocycles. The van der Waals surface area contributed by atoms with Crippen LogP contribution in [0.25, 0.3) is 0 Å². The van der Waals surface area contributed by atoms with Crippen molar-refractivity contribution in [3.63, 3.8) is 0 Å². The fourth-order valence-electron chi connectivity index (χ4n) is 0.645. The lowest BCUT2D eigenvalue weighted by Gasteiger charge is -1.93. The minimum atomic E-state index is -1.36. The summed E-state index contributed by atoms with van der Waals surface area (Å²) >= 11 is 0. The van der Waals surface area contributed by atoms with Gasteiger partial charge in [0.25, 0.3) is 0 Å². The fourth-order valence-corrected chi connectivity index (χ4v) is 1.30. The number of hydrogen-bond acceptors (Lipinski definition) is 1. The third-order valence-corrected chi connectivity index (χ3v) is 2.38. The molecule has 1 rings (SSSR count). The summed E-state index contributed by atoms with van der Waals surface area (Å²) in [6, 6.07) is 7.29. The zero-order chi connectivity index (χ0) is 7.56. The molecule has 0 amide bonds. The van der Waals surface area contributed by atoms with Crippen LogP contribution in [-0.2, 0) is 10.0 Å². The van der Waals surface area contributed by atoms with Gasteiger partial charge in [-0.1, -0.05) is 17.7 Å². The zero-order valence-electron chi connectivity index (χ0n) is 5.50. The Labute approximate surface area is 67.0 Å². The standard InChI is InChI=1S/C7H7ClOS/c1-6-2-4-7(5-3-6)10(8)9/h2-5H,1H3/t10-/m0/s1. The van der Waals surface area contributed by atoms with Gasteiger partial charge in [0.1, 0.15) is 10.0 Å². The van der Waals surface area contributed by atoms with Crippen LogP contribution >= 0.6 is 10.7 Å². The molecule has 0 aliphatic carbocycles. The van der Waals surface area contributed by atoms with Gasteiger partial charge in [0.05, 0.1) is 4.90 Å². The zero-order valence-corrected chi connectivity index (χ0v) is 7.08. The lowest BCUT2D eigenvalue weighted by atomic mass is 10.2. The SMILES string of the molecule is Cc1ccc([S@](=O)Cl)cc1. The van der Waals surface area contributed by atoms with E-state index in [1.54, 1.807) is 12.1 Å². The average molecular weight is 175 g/mol. The van der Waals surface area contributed by atoms with E-state index >= 15 is 0 Å². The normalized spacial score (nSPS) is 13.0. The smallest absolute Gasteiger partial charge is 0.147 e. The Morgan fingerprint density at radius 2 is 1.80 bits per heavy atom. The molecule has 0 aliphatic heterocycles. The van der Waals surface area contributed by atoms with Gasteiger partial charge in [-0.3, -0.25) is 0 Å². The molecular weight excluding hydrogens is 168 g/mol. The summed E-state index contributed by atoms with van der Waals surface area (Å²) in [7, 11) is 3.96. The summed E-state index contributed by atoms with van der Waals surface area (Å²) in [5.74, 6) is 0. The highest BCUT2D eigenvalue weighted by atomic mass is 35.7. The first-order chi connectivity index (χ1) is 4.70. The van der Waals surface area contributed by atoms with Crippen molar-refractivity contribution in [1.29, 1.82) is 0 Å². The summed E-state index contributed by atoms with van der Waals surface area (Å²) in [4.78, 5) is 0.660. The van der Waals surface area contributed by atoms with Crippen LogP contribution in [0.5, 0.6) is 0 Å². The highest BCUT2D eigenvalue weighted by Gasteiger charge is 1.95. The van der Waals surface area contributed by atoms with E-state index in [2.05, 4.69) is 0 Å². The maximum absolute atomic E-state index is 10.6. The third-order valence-electron chi connectivity index (χ3n) is 1.21. The maximum atomic E-state index is 10.6. The molecule has 0 unspecified atom stereocenters. The topological polar surface area (TPSA) is 17.1 Å². The van der Waals surface area contributed by atoms with Gasteiger partial charge in [0.15, 0.2) is 0 Å². The second-order valence-electron chi connectivity index (χ2n) is 2.04. The van der Waals surface area contributed by atoms with E-state index in [0.29, 0.717) is 4.90 Å². The van der Waals surface area contributed by atoms with Crippen molar-refractivity contribution in [1.82, 2.24) is 0 Å². The second kappa shape index (κ2) is 3.17. The van der Waals surface area contributed by atoms with Crippen LogP contribution in [0.2, 0.25) is 0 Å². The largest absolute Gasteiger partial charge is 0.237 e. The molecule has 0 heterocycles. The Kier molecular flexibility index (Phi) is 2.46. The number of aryl methyl sites for hydroxylation is 1. The number of benzene rings is 1. The Balaban J connectivity index is 3.00. The highest BCUT2D eigenvalue weighted by molar-refractivity contribution is 8.08. The van der Waals surface area contributed by atoms with Crippen LogP contribution < -0.4 is 0 Å². The van der Waals surface area contributed by atoms with Gasteiger partial charge < -0.3 is 0 Å². The van der Waals surface area contributed by atoms with Crippen molar-refractivity contribution in [2.45, 2.75) is 11.8 Å². The number of halogens is 1. The van der Waals surface area contributed by atoms with Crippen molar-refractivity contribution in [3.05, 3.63) is 29.8 Å². The first kappa shape index (κ1) is 7.76. The molecule has 0 aromatic heterocycles. The molecule has 0 saturated heterocycles. The van der Waals surface area contributed by atoms with Gasteiger partial charge in [-0.2, -0.15) is 0 Å². The van der Waals surface area contributed by atoms with E-state index in [1.165, 1.54) is 0 Å². The summed E-state index contributed by atoms with van der Waals surface area (Å²) in [5.41, 5.74) is 1.14. The number of rotatable bonds is 1. The molecule has 0 aliphatic rings. The van der Waals surface area contributed by atoms with Crippen molar-refractivity contribution < 1.29 is 4.21 Å². The predicted octanol–water partition coefficient (Wildman–Crippen LogP) is 2.26. The van der Waals surface area contributed by atoms with Crippen LogP contribution in [0, 0.1) is 6.92 Å². The van der Waals surface area contributed by atoms with Gasteiger partial charge in [-0.05, 0) is 29.7 Å². The van der Waals surface area contributed by atoms with Crippen LogP contribution in [-0.4, -0.2) is 4.21 Å². The Hall–Kier alpha value is -0.340. The van der Waals surface area contributed by atoms with Crippen LogP contribution in [0.1, 0.15) is 5.56 Å². The molecule has 1 nitrogen and oxygen atoms in total. The number of hydrogen-bond donors (Lipinski definition) is 0.